The highest BCUT2D eigenvalue weighted by Gasteiger charge is 2.26. The number of hydrogen-bond acceptors (Lipinski definition) is 4. The maximum atomic E-state index is 12.2. The third kappa shape index (κ3) is 3.95. The number of aliphatic hydroxyl groups is 1. The Hall–Kier alpha value is -1.59. The maximum Gasteiger partial charge on any atom is 0.234 e. The summed E-state index contributed by atoms with van der Waals surface area (Å²) in [7, 11) is 1.63. The number of nitrogens with one attached hydrogen (secondary N) is 1. The molecule has 0 bridgehead atoms. The first kappa shape index (κ1) is 15.8. The van der Waals surface area contributed by atoms with Crippen LogP contribution >= 0.6 is 0 Å². The van der Waals surface area contributed by atoms with Crippen LogP contribution in [0, 0.1) is 0 Å². The predicted molar refractivity (Wildman–Crippen MR) is 81.2 cm³/mol. The van der Waals surface area contributed by atoms with E-state index in [1.165, 1.54) is 0 Å². The number of rotatable bonds is 6. The van der Waals surface area contributed by atoms with Gasteiger partial charge in [-0.05, 0) is 32.4 Å². The molecule has 1 aliphatic rings. The maximum absolute atomic E-state index is 12.2. The molecule has 116 valence electrons. The molecule has 0 radical (unpaired) electrons. The number of aliphatic hydroxyl groups excluding tert-OH is 1. The topological polar surface area (TPSA) is 61.8 Å². The normalized spacial score (nSPS) is 20.2. The van der Waals surface area contributed by atoms with Crippen LogP contribution in [0.15, 0.2) is 24.3 Å². The lowest BCUT2D eigenvalue weighted by Gasteiger charge is -2.23. The van der Waals surface area contributed by atoms with Gasteiger partial charge in [0.15, 0.2) is 0 Å². The quantitative estimate of drug-likeness (QED) is 0.830. The molecule has 5 nitrogen and oxygen atoms in total. The molecule has 1 fully saturated rings. The summed E-state index contributed by atoms with van der Waals surface area (Å²) >= 11 is 0. The van der Waals surface area contributed by atoms with E-state index in [1.807, 2.05) is 36.1 Å². The van der Waals surface area contributed by atoms with Gasteiger partial charge in [0.05, 0.1) is 26.3 Å². The molecule has 21 heavy (non-hydrogen) atoms. The largest absolute Gasteiger partial charge is 0.496 e. The van der Waals surface area contributed by atoms with Crippen LogP contribution in [-0.4, -0.2) is 48.8 Å². The summed E-state index contributed by atoms with van der Waals surface area (Å²) in [6.07, 6.45) is 2.01. The molecule has 0 aromatic heterocycles. The molecule has 0 saturated carbocycles. The monoisotopic (exact) mass is 292 g/mol. The second kappa shape index (κ2) is 7.43. The van der Waals surface area contributed by atoms with E-state index < -0.39 is 0 Å². The number of amides is 1. The van der Waals surface area contributed by atoms with Gasteiger partial charge < -0.3 is 15.2 Å². The molecule has 0 aliphatic carbocycles. The summed E-state index contributed by atoms with van der Waals surface area (Å²) < 4.78 is 5.32. The summed E-state index contributed by atoms with van der Waals surface area (Å²) in [6, 6.07) is 7.70. The van der Waals surface area contributed by atoms with Gasteiger partial charge in [0.25, 0.3) is 0 Å². The fraction of sp³-hybridized carbons (Fsp3) is 0.562. The van der Waals surface area contributed by atoms with Crippen molar-refractivity contribution >= 4 is 5.91 Å². The molecule has 1 amide bonds. The molecular weight excluding hydrogens is 268 g/mol. The molecule has 0 spiro atoms. The van der Waals surface area contributed by atoms with Crippen LogP contribution in [0.1, 0.15) is 31.4 Å². The third-order valence-electron chi connectivity index (χ3n) is 4.04. The lowest BCUT2D eigenvalue weighted by Crippen LogP contribution is -2.41. The van der Waals surface area contributed by atoms with E-state index in [0.717, 1.165) is 30.7 Å². The first-order chi connectivity index (χ1) is 10.2. The van der Waals surface area contributed by atoms with Crippen molar-refractivity contribution in [2.24, 2.45) is 0 Å². The van der Waals surface area contributed by atoms with E-state index in [2.05, 4.69) is 5.32 Å². The Morgan fingerprint density at radius 2 is 2.29 bits per heavy atom. The molecule has 2 atom stereocenters. The number of hydrogen-bond donors (Lipinski definition) is 2. The van der Waals surface area contributed by atoms with Crippen LogP contribution < -0.4 is 10.1 Å². The molecule has 1 aliphatic heterocycles. The lowest BCUT2D eigenvalue weighted by molar-refractivity contribution is -0.123. The third-order valence-corrected chi connectivity index (χ3v) is 4.04. The molecule has 0 unspecified atom stereocenters. The van der Waals surface area contributed by atoms with Gasteiger partial charge in [0, 0.05) is 11.6 Å². The minimum absolute atomic E-state index is 0.0197. The fourth-order valence-electron chi connectivity index (χ4n) is 2.88. The Balaban J connectivity index is 1.93. The SMILES string of the molecule is COc1ccccc1[C@@H](C)NC(=O)CN1CCC[C@H]1CO. The van der Waals surface area contributed by atoms with Crippen molar-refractivity contribution in [2.45, 2.75) is 31.8 Å². The number of methoxy groups -OCH3 is 1. The highest BCUT2D eigenvalue weighted by molar-refractivity contribution is 5.78. The van der Waals surface area contributed by atoms with Crippen LogP contribution in [0.4, 0.5) is 0 Å². The van der Waals surface area contributed by atoms with E-state index in [4.69, 9.17) is 4.74 Å². The standard InChI is InChI=1S/C16H24N2O3/c1-12(14-7-3-4-8-15(14)21-2)17-16(20)10-18-9-5-6-13(18)11-19/h3-4,7-8,12-13,19H,5-6,9-11H2,1-2H3,(H,17,20)/t12-,13+/m1/s1. The highest BCUT2D eigenvalue weighted by atomic mass is 16.5. The zero-order valence-corrected chi connectivity index (χ0v) is 12.7. The van der Waals surface area contributed by atoms with Gasteiger partial charge >= 0.3 is 0 Å². The molecule has 2 N–H and O–H groups in total. The minimum atomic E-state index is -0.108. The molecule has 1 saturated heterocycles. The number of benzene rings is 1. The van der Waals surface area contributed by atoms with Gasteiger partial charge in [-0.2, -0.15) is 0 Å². The Morgan fingerprint density at radius 1 is 1.52 bits per heavy atom. The van der Waals surface area contributed by atoms with Gasteiger partial charge in [-0.3, -0.25) is 9.69 Å². The van der Waals surface area contributed by atoms with Crippen LogP contribution in [0.3, 0.4) is 0 Å². The Kier molecular flexibility index (Phi) is 5.59. The Morgan fingerprint density at radius 3 is 3.00 bits per heavy atom. The second-order valence-corrected chi connectivity index (χ2v) is 5.48. The number of likely N-dealkylation sites (tertiary alicyclic amines) is 1. The van der Waals surface area contributed by atoms with Gasteiger partial charge in [0.1, 0.15) is 5.75 Å². The van der Waals surface area contributed by atoms with E-state index in [9.17, 15) is 9.90 Å². The van der Waals surface area contributed by atoms with Crippen molar-refractivity contribution in [3.8, 4) is 5.75 Å². The highest BCUT2D eigenvalue weighted by Crippen LogP contribution is 2.24. The molecule has 5 heteroatoms. The summed E-state index contributed by atoms with van der Waals surface area (Å²) in [5, 5.41) is 12.3. The number of nitrogens with zero attached hydrogens (tertiary/aromatic N) is 1. The number of carbonyl (C=O) groups excluding carboxylic acids is 1. The van der Waals surface area contributed by atoms with Crippen molar-refractivity contribution < 1.29 is 14.6 Å². The minimum Gasteiger partial charge on any atom is -0.496 e. The van der Waals surface area contributed by atoms with Crippen molar-refractivity contribution in [1.29, 1.82) is 0 Å². The van der Waals surface area contributed by atoms with E-state index >= 15 is 0 Å². The van der Waals surface area contributed by atoms with Gasteiger partial charge in [-0.25, -0.2) is 0 Å². The van der Waals surface area contributed by atoms with Crippen LogP contribution in [-0.2, 0) is 4.79 Å². The second-order valence-electron chi connectivity index (χ2n) is 5.48. The average Bonchev–Trinajstić information content (AvgIpc) is 2.94. The van der Waals surface area contributed by atoms with Crippen LogP contribution in [0.25, 0.3) is 0 Å². The van der Waals surface area contributed by atoms with Gasteiger partial charge in [-0.15, -0.1) is 0 Å². The zero-order chi connectivity index (χ0) is 15.2. The average molecular weight is 292 g/mol. The summed E-state index contributed by atoms with van der Waals surface area (Å²) in [6.45, 7) is 3.28. The summed E-state index contributed by atoms with van der Waals surface area (Å²) in [5.74, 6) is 0.758. The Labute approximate surface area is 125 Å². The summed E-state index contributed by atoms with van der Waals surface area (Å²) in [5.41, 5.74) is 0.966. The van der Waals surface area contributed by atoms with Crippen LogP contribution in [0.2, 0.25) is 0 Å². The van der Waals surface area contributed by atoms with Crippen molar-refractivity contribution in [1.82, 2.24) is 10.2 Å². The number of para-hydroxylation sites is 1. The Bertz CT molecular complexity index is 478. The number of ether oxygens (including phenoxy) is 1. The van der Waals surface area contributed by atoms with Gasteiger partial charge in [-0.1, -0.05) is 18.2 Å². The summed E-state index contributed by atoms with van der Waals surface area (Å²) in [4.78, 5) is 14.2. The van der Waals surface area contributed by atoms with Crippen molar-refractivity contribution in [3.63, 3.8) is 0 Å². The molecule has 1 heterocycles. The number of carbonyl (C=O) groups is 1. The molecule has 2 rings (SSSR count). The van der Waals surface area contributed by atoms with E-state index in [0.29, 0.717) is 6.54 Å². The van der Waals surface area contributed by atoms with Crippen molar-refractivity contribution in [3.05, 3.63) is 29.8 Å². The van der Waals surface area contributed by atoms with E-state index in [1.54, 1.807) is 7.11 Å². The predicted octanol–water partition coefficient (Wildman–Crippen LogP) is 1.33. The zero-order valence-electron chi connectivity index (χ0n) is 12.7. The molecular formula is C16H24N2O3. The van der Waals surface area contributed by atoms with Gasteiger partial charge in [0.2, 0.25) is 5.91 Å². The van der Waals surface area contributed by atoms with E-state index in [-0.39, 0.29) is 24.6 Å². The van der Waals surface area contributed by atoms with Crippen LogP contribution in [0.5, 0.6) is 5.75 Å². The first-order valence-electron chi connectivity index (χ1n) is 7.43. The smallest absolute Gasteiger partial charge is 0.234 e. The fourth-order valence-corrected chi connectivity index (χ4v) is 2.88. The molecule has 1 aromatic carbocycles. The lowest BCUT2D eigenvalue weighted by atomic mass is 10.1. The first-order valence-corrected chi connectivity index (χ1v) is 7.43. The van der Waals surface area contributed by atoms with Crippen molar-refractivity contribution in [2.75, 3.05) is 26.8 Å². The molecule has 1 aromatic rings.